The van der Waals surface area contributed by atoms with Gasteiger partial charge in [0.05, 0.1) is 5.92 Å². The molecular weight excluding hydrogens is 274 g/mol. The number of nitrogens with zero attached hydrogens (tertiary/aromatic N) is 1. The van der Waals surface area contributed by atoms with E-state index in [-0.39, 0.29) is 30.4 Å². The molecule has 0 radical (unpaired) electrons. The van der Waals surface area contributed by atoms with Gasteiger partial charge in [0.25, 0.3) is 0 Å². The molecule has 21 heavy (non-hydrogen) atoms. The molecule has 7 nitrogen and oxygen atoms in total. The van der Waals surface area contributed by atoms with E-state index >= 15 is 0 Å². The molecule has 0 aliphatic rings. The van der Waals surface area contributed by atoms with Gasteiger partial charge in [-0.05, 0) is 26.7 Å². The van der Waals surface area contributed by atoms with Crippen molar-refractivity contribution < 1.29 is 19.5 Å². The van der Waals surface area contributed by atoms with Crippen LogP contribution in [-0.2, 0) is 9.59 Å². The van der Waals surface area contributed by atoms with Crippen LogP contribution < -0.4 is 10.6 Å². The fourth-order valence-corrected chi connectivity index (χ4v) is 1.79. The minimum Gasteiger partial charge on any atom is -0.481 e. The third-order valence-corrected chi connectivity index (χ3v) is 3.17. The second kappa shape index (κ2) is 10.0. The summed E-state index contributed by atoms with van der Waals surface area (Å²) in [5, 5.41) is 14.2. The fraction of sp³-hybridized carbons (Fsp3) is 0.786. The van der Waals surface area contributed by atoms with Crippen molar-refractivity contribution >= 4 is 17.9 Å². The largest absolute Gasteiger partial charge is 0.481 e. The smallest absolute Gasteiger partial charge is 0.317 e. The molecule has 0 aromatic rings. The Hall–Kier alpha value is -1.79. The van der Waals surface area contributed by atoms with Gasteiger partial charge in [0.15, 0.2) is 0 Å². The topological polar surface area (TPSA) is 98.7 Å². The zero-order valence-electron chi connectivity index (χ0n) is 13.3. The number of carboxylic acids is 1. The Morgan fingerprint density at radius 3 is 2.33 bits per heavy atom. The Bertz CT molecular complexity index is 360. The van der Waals surface area contributed by atoms with Crippen LogP contribution in [0, 0.1) is 5.92 Å². The molecule has 0 aromatic carbocycles. The van der Waals surface area contributed by atoms with Gasteiger partial charge in [-0.3, -0.25) is 9.59 Å². The van der Waals surface area contributed by atoms with Crippen LogP contribution in [-0.4, -0.2) is 54.1 Å². The minimum atomic E-state index is -0.798. The molecule has 0 rings (SSSR count). The van der Waals surface area contributed by atoms with Gasteiger partial charge in [-0.2, -0.15) is 0 Å². The summed E-state index contributed by atoms with van der Waals surface area (Å²) in [5.74, 6) is -1.36. The minimum absolute atomic E-state index is 0.0163. The Labute approximate surface area is 126 Å². The Morgan fingerprint density at radius 1 is 1.19 bits per heavy atom. The molecule has 3 N–H and O–H groups in total. The number of nitrogens with one attached hydrogen (secondary N) is 2. The number of rotatable bonds is 9. The molecule has 0 aliphatic heterocycles. The molecule has 0 spiro atoms. The number of amides is 3. The molecule has 3 amide bonds. The van der Waals surface area contributed by atoms with Gasteiger partial charge in [-0.25, -0.2) is 4.79 Å². The van der Waals surface area contributed by atoms with Crippen molar-refractivity contribution in [1.29, 1.82) is 0 Å². The lowest BCUT2D eigenvalue weighted by Gasteiger charge is -2.21. The number of carbonyl (C=O) groups is 3. The van der Waals surface area contributed by atoms with Crippen molar-refractivity contribution in [2.45, 2.75) is 46.1 Å². The SMILES string of the molecule is CCNC(=O)CN(C)C(=O)NC(C)CCCC(C)C(=O)O. The molecule has 0 fully saturated rings. The zero-order chi connectivity index (χ0) is 16.4. The van der Waals surface area contributed by atoms with E-state index < -0.39 is 5.97 Å². The van der Waals surface area contributed by atoms with Crippen LogP contribution in [0.1, 0.15) is 40.0 Å². The predicted octanol–water partition coefficient (Wildman–Crippen LogP) is 1.04. The Balaban J connectivity index is 3.97. The zero-order valence-corrected chi connectivity index (χ0v) is 13.3. The average molecular weight is 301 g/mol. The second-order valence-corrected chi connectivity index (χ2v) is 5.33. The molecule has 0 heterocycles. The van der Waals surface area contributed by atoms with Crippen LogP contribution in [0.25, 0.3) is 0 Å². The molecule has 2 unspecified atom stereocenters. The first kappa shape index (κ1) is 19.2. The molecule has 0 aliphatic carbocycles. The summed E-state index contributed by atoms with van der Waals surface area (Å²) < 4.78 is 0. The van der Waals surface area contributed by atoms with Crippen LogP contribution >= 0.6 is 0 Å². The van der Waals surface area contributed by atoms with Gasteiger partial charge in [0.1, 0.15) is 6.54 Å². The highest BCUT2D eigenvalue weighted by Gasteiger charge is 2.15. The van der Waals surface area contributed by atoms with Crippen molar-refractivity contribution in [2.24, 2.45) is 5.92 Å². The second-order valence-electron chi connectivity index (χ2n) is 5.33. The highest BCUT2D eigenvalue weighted by molar-refractivity contribution is 5.83. The lowest BCUT2D eigenvalue weighted by atomic mass is 10.0. The Kier molecular flexibility index (Phi) is 9.16. The lowest BCUT2D eigenvalue weighted by molar-refractivity contribution is -0.141. The number of carbonyl (C=O) groups excluding carboxylic acids is 2. The van der Waals surface area contributed by atoms with Crippen LogP contribution in [0.4, 0.5) is 4.79 Å². The standard InChI is InChI=1S/C14H27N3O4/c1-5-15-12(18)9-17(4)14(21)16-11(3)8-6-7-10(2)13(19)20/h10-11H,5-9H2,1-4H3,(H,15,18)(H,16,21)(H,19,20). The van der Waals surface area contributed by atoms with Gasteiger partial charge in [-0.1, -0.05) is 13.3 Å². The van der Waals surface area contributed by atoms with Crippen molar-refractivity contribution in [3.8, 4) is 0 Å². The normalized spacial score (nSPS) is 13.1. The van der Waals surface area contributed by atoms with E-state index in [1.165, 1.54) is 4.90 Å². The van der Waals surface area contributed by atoms with E-state index in [1.54, 1.807) is 14.0 Å². The van der Waals surface area contributed by atoms with Gasteiger partial charge in [-0.15, -0.1) is 0 Å². The van der Waals surface area contributed by atoms with Crippen molar-refractivity contribution in [1.82, 2.24) is 15.5 Å². The summed E-state index contributed by atoms with van der Waals surface area (Å²) in [6, 6.07) is -0.366. The number of urea groups is 1. The van der Waals surface area contributed by atoms with Crippen molar-refractivity contribution in [3.05, 3.63) is 0 Å². The number of hydrogen-bond acceptors (Lipinski definition) is 3. The maximum absolute atomic E-state index is 11.8. The van der Waals surface area contributed by atoms with Gasteiger partial charge >= 0.3 is 12.0 Å². The molecule has 0 bridgehead atoms. The number of aliphatic carboxylic acids is 1. The summed E-state index contributed by atoms with van der Waals surface area (Å²) in [7, 11) is 1.56. The van der Waals surface area contributed by atoms with Gasteiger partial charge in [0, 0.05) is 19.6 Å². The summed E-state index contributed by atoms with van der Waals surface area (Å²) in [4.78, 5) is 35.2. The van der Waals surface area contributed by atoms with Crippen molar-refractivity contribution in [2.75, 3.05) is 20.1 Å². The third-order valence-electron chi connectivity index (χ3n) is 3.17. The summed E-state index contributed by atoms with van der Waals surface area (Å²) in [6.07, 6.45) is 2.03. The summed E-state index contributed by atoms with van der Waals surface area (Å²) >= 11 is 0. The molecule has 2 atom stereocenters. The molecule has 0 aromatic heterocycles. The number of hydrogen-bond donors (Lipinski definition) is 3. The van der Waals surface area contributed by atoms with Crippen LogP contribution in [0.15, 0.2) is 0 Å². The number of carboxylic acid groups (broad SMARTS) is 1. The highest BCUT2D eigenvalue weighted by atomic mass is 16.4. The Morgan fingerprint density at radius 2 is 1.81 bits per heavy atom. The lowest BCUT2D eigenvalue weighted by Crippen LogP contribution is -2.46. The first-order chi connectivity index (χ1) is 9.77. The van der Waals surface area contributed by atoms with E-state index in [0.29, 0.717) is 19.4 Å². The maximum Gasteiger partial charge on any atom is 0.317 e. The first-order valence-corrected chi connectivity index (χ1v) is 7.29. The van der Waals surface area contributed by atoms with Gasteiger partial charge < -0.3 is 20.6 Å². The monoisotopic (exact) mass is 301 g/mol. The van der Waals surface area contributed by atoms with Crippen LogP contribution in [0.5, 0.6) is 0 Å². The molecule has 0 saturated heterocycles. The van der Waals surface area contributed by atoms with E-state index in [9.17, 15) is 14.4 Å². The van der Waals surface area contributed by atoms with Crippen molar-refractivity contribution in [3.63, 3.8) is 0 Å². The summed E-state index contributed by atoms with van der Waals surface area (Å²) in [6.45, 7) is 5.90. The summed E-state index contributed by atoms with van der Waals surface area (Å²) in [5.41, 5.74) is 0. The third kappa shape index (κ3) is 8.88. The quantitative estimate of drug-likeness (QED) is 0.592. The molecular formula is C14H27N3O4. The highest BCUT2D eigenvalue weighted by Crippen LogP contribution is 2.09. The maximum atomic E-state index is 11.8. The average Bonchev–Trinajstić information content (AvgIpc) is 2.38. The fourth-order valence-electron chi connectivity index (χ4n) is 1.79. The number of likely N-dealkylation sites (N-methyl/N-ethyl adjacent to an activating group) is 2. The van der Waals surface area contributed by atoms with Gasteiger partial charge in [0.2, 0.25) is 5.91 Å². The molecule has 7 heteroatoms. The molecule has 122 valence electrons. The first-order valence-electron chi connectivity index (χ1n) is 7.29. The molecule has 0 saturated carbocycles. The van der Waals surface area contributed by atoms with E-state index in [0.717, 1.165) is 6.42 Å². The predicted molar refractivity (Wildman–Crippen MR) is 80.0 cm³/mol. The van der Waals surface area contributed by atoms with Crippen LogP contribution in [0.3, 0.4) is 0 Å². The van der Waals surface area contributed by atoms with E-state index in [2.05, 4.69) is 10.6 Å². The van der Waals surface area contributed by atoms with Crippen LogP contribution in [0.2, 0.25) is 0 Å². The van der Waals surface area contributed by atoms with E-state index in [1.807, 2.05) is 13.8 Å². The van der Waals surface area contributed by atoms with E-state index in [4.69, 9.17) is 5.11 Å².